The van der Waals surface area contributed by atoms with Gasteiger partial charge in [-0.25, -0.2) is 9.37 Å². The maximum atomic E-state index is 13.3. The third kappa shape index (κ3) is 1.94. The number of hydrogen-bond acceptors (Lipinski definition) is 2. The first-order valence-corrected chi connectivity index (χ1v) is 4.88. The summed E-state index contributed by atoms with van der Waals surface area (Å²) in [4.78, 5) is 6.74. The molecule has 0 radical (unpaired) electrons. The van der Waals surface area contributed by atoms with Gasteiger partial charge in [-0.05, 0) is 24.1 Å². The van der Waals surface area contributed by atoms with Crippen LogP contribution in [0.2, 0.25) is 0 Å². The van der Waals surface area contributed by atoms with Gasteiger partial charge < -0.3 is 4.98 Å². The monoisotopic (exact) mass is 220 g/mol. The molecular weight excluding hydrogens is 211 g/mol. The topological polar surface area (TPSA) is 28.7 Å². The quantitative estimate of drug-likeness (QED) is 0.747. The minimum absolute atomic E-state index is 0.231. The number of aromatic amines is 1. The van der Waals surface area contributed by atoms with Crippen molar-refractivity contribution < 1.29 is 4.39 Å². The van der Waals surface area contributed by atoms with Crippen LogP contribution in [0.3, 0.4) is 0 Å². The van der Waals surface area contributed by atoms with Crippen LogP contribution in [-0.2, 0) is 0 Å². The SMILES string of the molecule is Cc1ccc(-c2cnc[nH]c2=S)cc1F. The Bertz CT molecular complexity index is 548. The Kier molecular flexibility index (Phi) is 2.60. The van der Waals surface area contributed by atoms with Gasteiger partial charge in [0.05, 0.1) is 6.33 Å². The Hall–Kier alpha value is -1.55. The molecule has 76 valence electrons. The molecule has 0 aliphatic carbocycles. The van der Waals surface area contributed by atoms with Crippen LogP contribution in [0.5, 0.6) is 0 Å². The van der Waals surface area contributed by atoms with E-state index in [-0.39, 0.29) is 5.82 Å². The fraction of sp³-hybridized carbons (Fsp3) is 0.0909. The molecule has 0 bridgehead atoms. The number of nitrogens with zero attached hydrogens (tertiary/aromatic N) is 1. The molecular formula is C11H9FN2S. The molecule has 0 saturated heterocycles. The highest BCUT2D eigenvalue weighted by molar-refractivity contribution is 7.71. The van der Waals surface area contributed by atoms with E-state index < -0.39 is 0 Å². The Balaban J connectivity index is 2.60. The summed E-state index contributed by atoms with van der Waals surface area (Å²) in [5, 5.41) is 0. The van der Waals surface area contributed by atoms with Crippen LogP contribution >= 0.6 is 12.2 Å². The molecule has 1 aromatic heterocycles. The van der Waals surface area contributed by atoms with E-state index in [1.54, 1.807) is 19.2 Å². The van der Waals surface area contributed by atoms with Crippen molar-refractivity contribution in [2.24, 2.45) is 0 Å². The van der Waals surface area contributed by atoms with Crippen LogP contribution in [-0.4, -0.2) is 9.97 Å². The number of hydrogen-bond donors (Lipinski definition) is 1. The lowest BCUT2D eigenvalue weighted by Crippen LogP contribution is -1.87. The number of rotatable bonds is 1. The normalized spacial score (nSPS) is 10.3. The van der Waals surface area contributed by atoms with Gasteiger partial charge in [-0.3, -0.25) is 0 Å². The van der Waals surface area contributed by atoms with Gasteiger partial charge >= 0.3 is 0 Å². The second-order valence-corrected chi connectivity index (χ2v) is 3.67. The third-order valence-electron chi connectivity index (χ3n) is 2.20. The number of H-pyrrole nitrogens is 1. The number of benzene rings is 1. The van der Waals surface area contributed by atoms with Crippen LogP contribution in [0, 0.1) is 17.4 Å². The van der Waals surface area contributed by atoms with Crippen LogP contribution in [0.25, 0.3) is 11.1 Å². The van der Waals surface area contributed by atoms with Crippen molar-refractivity contribution in [3.63, 3.8) is 0 Å². The molecule has 15 heavy (non-hydrogen) atoms. The minimum Gasteiger partial charge on any atom is -0.337 e. The van der Waals surface area contributed by atoms with E-state index in [1.807, 2.05) is 6.07 Å². The highest BCUT2D eigenvalue weighted by Crippen LogP contribution is 2.21. The largest absolute Gasteiger partial charge is 0.337 e. The van der Waals surface area contributed by atoms with Gasteiger partial charge in [0.25, 0.3) is 0 Å². The zero-order valence-corrected chi connectivity index (χ0v) is 8.94. The predicted molar refractivity (Wildman–Crippen MR) is 59.6 cm³/mol. The van der Waals surface area contributed by atoms with Crippen LogP contribution in [0.15, 0.2) is 30.7 Å². The van der Waals surface area contributed by atoms with Gasteiger partial charge in [0.15, 0.2) is 0 Å². The van der Waals surface area contributed by atoms with E-state index in [0.29, 0.717) is 10.2 Å². The lowest BCUT2D eigenvalue weighted by atomic mass is 10.1. The summed E-state index contributed by atoms with van der Waals surface area (Å²) < 4.78 is 13.9. The molecule has 0 aliphatic rings. The molecule has 0 amide bonds. The van der Waals surface area contributed by atoms with Crippen LogP contribution < -0.4 is 0 Å². The van der Waals surface area contributed by atoms with Crippen molar-refractivity contribution in [3.8, 4) is 11.1 Å². The van der Waals surface area contributed by atoms with Crippen molar-refractivity contribution >= 4 is 12.2 Å². The summed E-state index contributed by atoms with van der Waals surface area (Å²) in [6.07, 6.45) is 3.14. The molecule has 1 aromatic carbocycles. The Morgan fingerprint density at radius 3 is 2.87 bits per heavy atom. The first kappa shape index (κ1) is 9.98. The molecule has 1 N–H and O–H groups in total. The molecule has 1 heterocycles. The zero-order chi connectivity index (χ0) is 10.8. The van der Waals surface area contributed by atoms with Gasteiger partial charge in [0, 0.05) is 11.8 Å². The first-order valence-electron chi connectivity index (χ1n) is 4.47. The second kappa shape index (κ2) is 3.90. The average molecular weight is 220 g/mol. The van der Waals surface area contributed by atoms with E-state index in [1.165, 1.54) is 12.4 Å². The van der Waals surface area contributed by atoms with Gasteiger partial charge in [0.1, 0.15) is 10.5 Å². The number of aromatic nitrogens is 2. The summed E-state index contributed by atoms with van der Waals surface area (Å²) >= 11 is 5.09. The van der Waals surface area contributed by atoms with E-state index >= 15 is 0 Å². The van der Waals surface area contributed by atoms with Crippen molar-refractivity contribution in [2.45, 2.75) is 6.92 Å². The van der Waals surface area contributed by atoms with Gasteiger partial charge in [-0.15, -0.1) is 0 Å². The number of halogens is 1. The fourth-order valence-corrected chi connectivity index (χ4v) is 1.53. The van der Waals surface area contributed by atoms with Crippen molar-refractivity contribution in [2.75, 3.05) is 0 Å². The van der Waals surface area contributed by atoms with Crippen molar-refractivity contribution in [1.29, 1.82) is 0 Å². The number of aryl methyl sites for hydroxylation is 1. The standard InChI is InChI=1S/C11H9FN2S/c1-7-2-3-8(4-10(7)12)9-5-13-6-14-11(9)15/h2-6H,1H3,(H,13,14,15). The molecule has 0 spiro atoms. The molecule has 2 nitrogen and oxygen atoms in total. The van der Waals surface area contributed by atoms with Gasteiger partial charge in [0.2, 0.25) is 0 Å². The van der Waals surface area contributed by atoms with Gasteiger partial charge in [-0.1, -0.05) is 24.4 Å². The van der Waals surface area contributed by atoms with Crippen LogP contribution in [0.4, 0.5) is 4.39 Å². The molecule has 4 heteroatoms. The lowest BCUT2D eigenvalue weighted by Gasteiger charge is -2.02. The van der Waals surface area contributed by atoms with E-state index in [0.717, 1.165) is 11.1 Å². The Morgan fingerprint density at radius 1 is 1.40 bits per heavy atom. The highest BCUT2D eigenvalue weighted by Gasteiger charge is 2.03. The highest BCUT2D eigenvalue weighted by atomic mass is 32.1. The average Bonchev–Trinajstić information content (AvgIpc) is 2.23. The molecule has 0 fully saturated rings. The molecule has 0 aliphatic heterocycles. The summed E-state index contributed by atoms with van der Waals surface area (Å²) in [5.74, 6) is -0.231. The smallest absolute Gasteiger partial charge is 0.126 e. The molecule has 0 saturated carbocycles. The summed E-state index contributed by atoms with van der Waals surface area (Å²) in [6.45, 7) is 1.73. The second-order valence-electron chi connectivity index (χ2n) is 3.26. The number of nitrogens with one attached hydrogen (secondary N) is 1. The van der Waals surface area contributed by atoms with E-state index in [9.17, 15) is 4.39 Å². The van der Waals surface area contributed by atoms with E-state index in [4.69, 9.17) is 12.2 Å². The van der Waals surface area contributed by atoms with Gasteiger partial charge in [-0.2, -0.15) is 0 Å². The Morgan fingerprint density at radius 2 is 2.20 bits per heavy atom. The zero-order valence-electron chi connectivity index (χ0n) is 8.12. The van der Waals surface area contributed by atoms with Crippen molar-refractivity contribution in [3.05, 3.63) is 46.7 Å². The molecule has 0 unspecified atom stereocenters. The third-order valence-corrected chi connectivity index (χ3v) is 2.54. The summed E-state index contributed by atoms with van der Waals surface area (Å²) in [6, 6.07) is 5.03. The fourth-order valence-electron chi connectivity index (χ4n) is 1.31. The van der Waals surface area contributed by atoms with Crippen LogP contribution in [0.1, 0.15) is 5.56 Å². The maximum Gasteiger partial charge on any atom is 0.126 e. The lowest BCUT2D eigenvalue weighted by molar-refractivity contribution is 0.619. The summed E-state index contributed by atoms with van der Waals surface area (Å²) in [5.41, 5.74) is 2.11. The molecule has 2 aromatic rings. The minimum atomic E-state index is -0.231. The molecule has 2 rings (SSSR count). The first-order chi connectivity index (χ1) is 7.18. The maximum absolute atomic E-state index is 13.3. The summed E-state index contributed by atoms with van der Waals surface area (Å²) in [7, 11) is 0. The molecule has 0 atom stereocenters. The Labute approximate surface area is 91.8 Å². The predicted octanol–water partition coefficient (Wildman–Crippen LogP) is 3.25. The van der Waals surface area contributed by atoms with Crippen molar-refractivity contribution in [1.82, 2.24) is 9.97 Å². The van der Waals surface area contributed by atoms with E-state index in [2.05, 4.69) is 9.97 Å².